The van der Waals surface area contributed by atoms with E-state index in [1.54, 1.807) is 19.2 Å². The lowest BCUT2D eigenvalue weighted by Crippen LogP contribution is -2.46. The number of carbonyl (C=O) groups is 1. The molecule has 0 aromatic heterocycles. The molecule has 1 saturated carbocycles. The molecular formula is C25H31FN2O2. The van der Waals surface area contributed by atoms with Crippen LogP contribution in [0.1, 0.15) is 55.7 Å². The van der Waals surface area contributed by atoms with Gasteiger partial charge in [-0.05, 0) is 62.5 Å². The van der Waals surface area contributed by atoms with Crippen molar-refractivity contribution in [1.29, 1.82) is 0 Å². The molecule has 2 fully saturated rings. The van der Waals surface area contributed by atoms with Gasteiger partial charge in [0.15, 0.2) is 0 Å². The van der Waals surface area contributed by atoms with Crippen molar-refractivity contribution in [2.75, 3.05) is 26.7 Å². The molecule has 5 heteroatoms. The Balaban J connectivity index is 1.56. The number of benzene rings is 2. The van der Waals surface area contributed by atoms with Gasteiger partial charge in [0, 0.05) is 12.1 Å². The lowest BCUT2D eigenvalue weighted by molar-refractivity contribution is -0.126. The summed E-state index contributed by atoms with van der Waals surface area (Å²) in [5.41, 5.74) is 1.49. The minimum absolute atomic E-state index is 0.0608. The number of methoxy groups -OCH3 is 1. The number of nitrogens with one attached hydrogen (secondary N) is 1. The summed E-state index contributed by atoms with van der Waals surface area (Å²) in [6.45, 7) is 2.60. The molecule has 1 atom stereocenters. The number of amides is 1. The van der Waals surface area contributed by atoms with Crippen LogP contribution in [0.15, 0.2) is 48.5 Å². The Morgan fingerprint density at radius 1 is 1.07 bits per heavy atom. The van der Waals surface area contributed by atoms with Gasteiger partial charge in [0.2, 0.25) is 5.91 Å². The van der Waals surface area contributed by atoms with E-state index in [1.165, 1.54) is 25.0 Å². The molecule has 1 heterocycles. The highest BCUT2D eigenvalue weighted by atomic mass is 19.1. The van der Waals surface area contributed by atoms with Gasteiger partial charge in [-0.3, -0.25) is 9.69 Å². The molecule has 2 aromatic carbocycles. The van der Waals surface area contributed by atoms with E-state index >= 15 is 0 Å². The fraction of sp³-hybridized carbons (Fsp3) is 0.480. The van der Waals surface area contributed by atoms with Crippen molar-refractivity contribution >= 4 is 5.91 Å². The Bertz CT molecular complexity index is 856. The normalized spacial score (nSPS) is 19.5. The Morgan fingerprint density at radius 2 is 1.73 bits per heavy atom. The third-order valence-electron chi connectivity index (χ3n) is 6.82. The summed E-state index contributed by atoms with van der Waals surface area (Å²) in [4.78, 5) is 15.9. The number of likely N-dealkylation sites (tertiary alicyclic amines) is 1. The molecule has 1 aliphatic heterocycles. The van der Waals surface area contributed by atoms with Crippen molar-refractivity contribution in [2.24, 2.45) is 0 Å². The van der Waals surface area contributed by atoms with Crippen LogP contribution >= 0.6 is 0 Å². The van der Waals surface area contributed by atoms with Gasteiger partial charge in [-0.1, -0.05) is 43.2 Å². The number of nitrogens with zero attached hydrogens (tertiary/aromatic N) is 1. The van der Waals surface area contributed by atoms with Crippen molar-refractivity contribution in [3.05, 3.63) is 65.5 Å². The SMILES string of the molecule is COc1ccccc1[C@H](CNC(=O)C1(c2ccc(F)cc2)CCCC1)N1CCCC1. The molecule has 1 aliphatic carbocycles. The van der Waals surface area contributed by atoms with Gasteiger partial charge in [0.05, 0.1) is 18.6 Å². The van der Waals surface area contributed by atoms with Crippen LogP contribution in [0.3, 0.4) is 0 Å². The van der Waals surface area contributed by atoms with Crippen molar-refractivity contribution in [2.45, 2.75) is 50.0 Å². The van der Waals surface area contributed by atoms with Crippen molar-refractivity contribution < 1.29 is 13.9 Å². The Morgan fingerprint density at radius 3 is 2.40 bits per heavy atom. The molecule has 4 nitrogen and oxygen atoms in total. The van der Waals surface area contributed by atoms with Crippen LogP contribution in [-0.4, -0.2) is 37.6 Å². The van der Waals surface area contributed by atoms with Crippen LogP contribution in [0.4, 0.5) is 4.39 Å². The first-order chi connectivity index (χ1) is 14.6. The molecule has 0 unspecified atom stereocenters. The number of hydrogen-bond donors (Lipinski definition) is 1. The van der Waals surface area contributed by atoms with Gasteiger partial charge in [-0.25, -0.2) is 4.39 Å². The van der Waals surface area contributed by atoms with Crippen LogP contribution < -0.4 is 10.1 Å². The average Bonchev–Trinajstić information content (AvgIpc) is 3.48. The van der Waals surface area contributed by atoms with E-state index in [4.69, 9.17) is 4.74 Å². The van der Waals surface area contributed by atoms with Crippen LogP contribution in [0, 0.1) is 5.82 Å². The van der Waals surface area contributed by atoms with Gasteiger partial charge in [0.25, 0.3) is 0 Å². The fourth-order valence-corrected chi connectivity index (χ4v) is 5.18. The quantitative estimate of drug-likeness (QED) is 0.725. The second-order valence-corrected chi connectivity index (χ2v) is 8.51. The number of halogens is 1. The lowest BCUT2D eigenvalue weighted by atomic mass is 9.78. The van der Waals surface area contributed by atoms with E-state index < -0.39 is 5.41 Å². The van der Waals surface area contributed by atoms with Crippen LogP contribution in [0.2, 0.25) is 0 Å². The first-order valence-electron chi connectivity index (χ1n) is 11.1. The van der Waals surface area contributed by atoms with E-state index in [0.29, 0.717) is 6.54 Å². The third-order valence-corrected chi connectivity index (χ3v) is 6.82. The Kier molecular flexibility index (Phi) is 6.38. The molecule has 1 N–H and O–H groups in total. The summed E-state index contributed by atoms with van der Waals surface area (Å²) in [6, 6.07) is 14.6. The van der Waals surface area contributed by atoms with E-state index in [9.17, 15) is 9.18 Å². The predicted molar refractivity (Wildman–Crippen MR) is 116 cm³/mol. The summed E-state index contributed by atoms with van der Waals surface area (Å²) in [5.74, 6) is 0.654. The maximum Gasteiger partial charge on any atom is 0.230 e. The largest absolute Gasteiger partial charge is 0.496 e. The van der Waals surface area contributed by atoms with E-state index in [-0.39, 0.29) is 17.8 Å². The molecule has 1 saturated heterocycles. The van der Waals surface area contributed by atoms with Gasteiger partial charge in [-0.2, -0.15) is 0 Å². The maximum atomic E-state index is 13.5. The molecular weight excluding hydrogens is 379 g/mol. The van der Waals surface area contributed by atoms with Gasteiger partial charge >= 0.3 is 0 Å². The molecule has 30 heavy (non-hydrogen) atoms. The molecule has 160 valence electrons. The highest BCUT2D eigenvalue weighted by Gasteiger charge is 2.43. The van der Waals surface area contributed by atoms with Crippen molar-refractivity contribution in [3.63, 3.8) is 0 Å². The van der Waals surface area contributed by atoms with Gasteiger partial charge in [-0.15, -0.1) is 0 Å². The minimum atomic E-state index is -0.552. The second-order valence-electron chi connectivity index (χ2n) is 8.51. The predicted octanol–water partition coefficient (Wildman–Crippen LogP) is 4.60. The van der Waals surface area contributed by atoms with Gasteiger partial charge < -0.3 is 10.1 Å². The first kappa shape index (κ1) is 20.9. The topological polar surface area (TPSA) is 41.6 Å². The second kappa shape index (κ2) is 9.17. The Hall–Kier alpha value is -2.40. The fourth-order valence-electron chi connectivity index (χ4n) is 5.18. The minimum Gasteiger partial charge on any atom is -0.496 e. The highest BCUT2D eigenvalue weighted by Crippen LogP contribution is 2.41. The van der Waals surface area contributed by atoms with E-state index in [0.717, 1.165) is 55.6 Å². The summed E-state index contributed by atoms with van der Waals surface area (Å²) in [7, 11) is 1.69. The molecule has 2 aromatic rings. The van der Waals surface area contributed by atoms with Crippen LogP contribution in [-0.2, 0) is 10.2 Å². The first-order valence-corrected chi connectivity index (χ1v) is 11.1. The molecule has 2 aliphatic rings. The number of para-hydroxylation sites is 1. The molecule has 0 bridgehead atoms. The number of ether oxygens (including phenoxy) is 1. The smallest absolute Gasteiger partial charge is 0.230 e. The van der Waals surface area contributed by atoms with Crippen LogP contribution in [0.25, 0.3) is 0 Å². The van der Waals surface area contributed by atoms with Crippen molar-refractivity contribution in [3.8, 4) is 5.75 Å². The number of hydrogen-bond acceptors (Lipinski definition) is 3. The average molecular weight is 411 g/mol. The number of rotatable bonds is 7. The van der Waals surface area contributed by atoms with Gasteiger partial charge in [0.1, 0.15) is 11.6 Å². The molecule has 4 rings (SSSR count). The summed E-state index contributed by atoms with van der Waals surface area (Å²) < 4.78 is 19.1. The molecule has 0 radical (unpaired) electrons. The summed E-state index contributed by atoms with van der Waals surface area (Å²) >= 11 is 0. The highest BCUT2D eigenvalue weighted by molar-refractivity contribution is 5.88. The number of carbonyl (C=O) groups excluding carboxylic acids is 1. The van der Waals surface area contributed by atoms with Crippen LogP contribution in [0.5, 0.6) is 5.75 Å². The van der Waals surface area contributed by atoms with E-state index in [2.05, 4.69) is 16.3 Å². The lowest BCUT2D eigenvalue weighted by Gasteiger charge is -2.32. The maximum absolute atomic E-state index is 13.5. The van der Waals surface area contributed by atoms with E-state index in [1.807, 2.05) is 18.2 Å². The molecule has 1 amide bonds. The summed E-state index contributed by atoms with van der Waals surface area (Å²) in [6.07, 6.45) is 6.03. The monoisotopic (exact) mass is 410 g/mol. The zero-order chi connectivity index (χ0) is 21.0. The zero-order valence-corrected chi connectivity index (χ0v) is 17.7. The molecule has 0 spiro atoms. The van der Waals surface area contributed by atoms with Crippen molar-refractivity contribution in [1.82, 2.24) is 10.2 Å². The standard InChI is InChI=1S/C25H31FN2O2/c1-30-23-9-3-2-8-21(23)22(28-16-6-7-17-28)18-27-24(29)25(14-4-5-15-25)19-10-12-20(26)13-11-19/h2-3,8-13,22H,4-7,14-18H2,1H3,(H,27,29)/t22-/m0/s1. The third kappa shape index (κ3) is 4.08. The Labute approximate surface area is 178 Å². The zero-order valence-electron chi connectivity index (χ0n) is 17.7. The summed E-state index contributed by atoms with van der Waals surface area (Å²) in [5, 5.41) is 3.28.